The average Bonchev–Trinajstić information content (AvgIpc) is 2.53. The third-order valence-corrected chi connectivity index (χ3v) is 3.30. The molecule has 0 aromatic heterocycles. The van der Waals surface area contributed by atoms with Crippen LogP contribution in [0.2, 0.25) is 0 Å². The lowest BCUT2D eigenvalue weighted by molar-refractivity contribution is -0.112. The van der Waals surface area contributed by atoms with Crippen molar-refractivity contribution in [3.05, 3.63) is 65.4 Å². The summed E-state index contributed by atoms with van der Waals surface area (Å²) in [7, 11) is 0. The van der Waals surface area contributed by atoms with Gasteiger partial charge in [-0.25, -0.2) is 0 Å². The van der Waals surface area contributed by atoms with Gasteiger partial charge in [0.1, 0.15) is 11.6 Å². The van der Waals surface area contributed by atoms with Crippen molar-refractivity contribution in [2.24, 2.45) is 0 Å². The van der Waals surface area contributed by atoms with Gasteiger partial charge in [-0.05, 0) is 55.3 Å². The van der Waals surface area contributed by atoms with Gasteiger partial charge < -0.3 is 16.4 Å². The van der Waals surface area contributed by atoms with Crippen LogP contribution in [0.1, 0.15) is 11.1 Å². The van der Waals surface area contributed by atoms with Gasteiger partial charge in [0.05, 0.1) is 0 Å². The van der Waals surface area contributed by atoms with E-state index in [1.807, 2.05) is 38.1 Å². The molecule has 2 aromatic rings. The number of aryl methyl sites for hydroxylation is 2. The highest BCUT2D eigenvalue weighted by Crippen LogP contribution is 2.17. The fourth-order valence-electron chi connectivity index (χ4n) is 1.95. The van der Waals surface area contributed by atoms with Gasteiger partial charge in [-0.3, -0.25) is 4.79 Å². The van der Waals surface area contributed by atoms with E-state index in [0.717, 1.165) is 16.8 Å². The number of nitrogens with one attached hydrogen (secondary N) is 2. The van der Waals surface area contributed by atoms with Crippen LogP contribution in [0.5, 0.6) is 0 Å². The number of hydrogen-bond acceptors (Lipinski definition) is 4. The highest BCUT2D eigenvalue weighted by Gasteiger charge is 2.09. The largest absolute Gasteiger partial charge is 0.399 e. The van der Waals surface area contributed by atoms with Crippen LogP contribution in [-0.2, 0) is 4.79 Å². The molecule has 0 fully saturated rings. The molecule has 0 radical (unpaired) electrons. The van der Waals surface area contributed by atoms with Crippen LogP contribution in [0, 0.1) is 25.2 Å². The Morgan fingerprint density at radius 1 is 1.17 bits per heavy atom. The molecule has 0 saturated carbocycles. The van der Waals surface area contributed by atoms with E-state index in [1.54, 1.807) is 24.3 Å². The molecule has 2 rings (SSSR count). The van der Waals surface area contributed by atoms with Crippen molar-refractivity contribution >= 4 is 23.0 Å². The molecular formula is C18H18N4O. The number of nitrogens with zero attached hydrogens (tertiary/aromatic N) is 1. The predicted molar refractivity (Wildman–Crippen MR) is 92.7 cm³/mol. The minimum atomic E-state index is -0.477. The molecule has 0 aliphatic carbocycles. The molecule has 5 heteroatoms. The van der Waals surface area contributed by atoms with E-state index in [1.165, 1.54) is 6.20 Å². The maximum absolute atomic E-state index is 12.1. The summed E-state index contributed by atoms with van der Waals surface area (Å²) in [5.41, 5.74) is 9.76. The van der Waals surface area contributed by atoms with Crippen molar-refractivity contribution in [1.82, 2.24) is 0 Å². The SMILES string of the molecule is Cc1ccc(C)c(N/C=C(/C#N)C(=O)Nc2ccc(N)cc2)c1. The molecular weight excluding hydrogens is 288 g/mol. The molecule has 0 saturated heterocycles. The zero-order chi connectivity index (χ0) is 16.8. The van der Waals surface area contributed by atoms with E-state index in [9.17, 15) is 10.1 Å². The molecule has 4 N–H and O–H groups in total. The summed E-state index contributed by atoms with van der Waals surface area (Å²) < 4.78 is 0. The van der Waals surface area contributed by atoms with Crippen LogP contribution >= 0.6 is 0 Å². The van der Waals surface area contributed by atoms with Crippen LogP contribution < -0.4 is 16.4 Å². The molecule has 0 bridgehead atoms. The summed E-state index contributed by atoms with van der Waals surface area (Å²) >= 11 is 0. The zero-order valence-electron chi connectivity index (χ0n) is 13.1. The fraction of sp³-hybridized carbons (Fsp3) is 0.111. The lowest BCUT2D eigenvalue weighted by Gasteiger charge is -2.08. The lowest BCUT2D eigenvalue weighted by atomic mass is 10.1. The molecule has 1 amide bonds. The number of anilines is 3. The highest BCUT2D eigenvalue weighted by atomic mass is 16.1. The smallest absolute Gasteiger partial charge is 0.267 e. The Hall–Kier alpha value is -3.26. The first kappa shape index (κ1) is 16.1. The first-order valence-electron chi connectivity index (χ1n) is 7.10. The fourth-order valence-corrected chi connectivity index (χ4v) is 1.95. The summed E-state index contributed by atoms with van der Waals surface area (Å²) in [5.74, 6) is -0.477. The van der Waals surface area contributed by atoms with Crippen molar-refractivity contribution in [3.63, 3.8) is 0 Å². The lowest BCUT2D eigenvalue weighted by Crippen LogP contribution is -2.14. The van der Waals surface area contributed by atoms with Gasteiger partial charge in [0, 0.05) is 23.3 Å². The van der Waals surface area contributed by atoms with Gasteiger partial charge in [-0.1, -0.05) is 12.1 Å². The number of carbonyl (C=O) groups is 1. The first-order chi connectivity index (χ1) is 11.0. The van der Waals surface area contributed by atoms with Gasteiger partial charge in [-0.15, -0.1) is 0 Å². The Morgan fingerprint density at radius 2 is 1.87 bits per heavy atom. The number of carbonyl (C=O) groups excluding carboxylic acids is 1. The number of nitriles is 1. The number of nitrogen functional groups attached to an aromatic ring is 1. The van der Waals surface area contributed by atoms with Gasteiger partial charge >= 0.3 is 0 Å². The Bertz CT molecular complexity index is 786. The number of benzene rings is 2. The summed E-state index contributed by atoms with van der Waals surface area (Å²) in [6.07, 6.45) is 1.41. The molecule has 116 valence electrons. The maximum atomic E-state index is 12.1. The summed E-state index contributed by atoms with van der Waals surface area (Å²) in [6, 6.07) is 14.6. The summed E-state index contributed by atoms with van der Waals surface area (Å²) in [4.78, 5) is 12.1. The van der Waals surface area contributed by atoms with Crippen molar-refractivity contribution in [1.29, 1.82) is 5.26 Å². The minimum absolute atomic E-state index is 0.0114. The van der Waals surface area contributed by atoms with E-state index in [0.29, 0.717) is 11.4 Å². The number of nitrogens with two attached hydrogens (primary N) is 1. The van der Waals surface area contributed by atoms with Crippen molar-refractivity contribution in [2.45, 2.75) is 13.8 Å². The van der Waals surface area contributed by atoms with E-state index < -0.39 is 5.91 Å². The molecule has 2 aromatic carbocycles. The molecule has 5 nitrogen and oxygen atoms in total. The third-order valence-electron chi connectivity index (χ3n) is 3.30. The van der Waals surface area contributed by atoms with Crippen molar-refractivity contribution in [2.75, 3.05) is 16.4 Å². The van der Waals surface area contributed by atoms with Crippen LogP contribution in [-0.4, -0.2) is 5.91 Å². The van der Waals surface area contributed by atoms with Gasteiger partial charge in [-0.2, -0.15) is 5.26 Å². The van der Waals surface area contributed by atoms with Gasteiger partial charge in [0.2, 0.25) is 0 Å². The molecule has 0 heterocycles. The van der Waals surface area contributed by atoms with Crippen molar-refractivity contribution < 1.29 is 4.79 Å². The molecule has 0 atom stereocenters. The Morgan fingerprint density at radius 3 is 2.52 bits per heavy atom. The average molecular weight is 306 g/mol. The topological polar surface area (TPSA) is 90.9 Å². The Labute approximate surface area is 135 Å². The number of hydrogen-bond donors (Lipinski definition) is 3. The van der Waals surface area contributed by atoms with Crippen LogP contribution in [0.15, 0.2) is 54.2 Å². The normalized spacial score (nSPS) is 10.7. The van der Waals surface area contributed by atoms with E-state index >= 15 is 0 Å². The van der Waals surface area contributed by atoms with Crippen LogP contribution in [0.3, 0.4) is 0 Å². The second kappa shape index (κ2) is 7.14. The first-order valence-corrected chi connectivity index (χ1v) is 7.10. The van der Waals surface area contributed by atoms with E-state index in [2.05, 4.69) is 10.6 Å². The van der Waals surface area contributed by atoms with Crippen molar-refractivity contribution in [3.8, 4) is 6.07 Å². The van der Waals surface area contributed by atoms with Crippen LogP contribution in [0.25, 0.3) is 0 Å². The quantitative estimate of drug-likeness (QED) is 0.459. The standard InChI is InChI=1S/C18H18N4O/c1-12-3-4-13(2)17(9-12)21-11-14(10-19)18(23)22-16-7-5-15(20)6-8-16/h3-9,11,21H,20H2,1-2H3,(H,22,23)/b14-11-. The number of amides is 1. The van der Waals surface area contributed by atoms with E-state index in [-0.39, 0.29) is 5.57 Å². The van der Waals surface area contributed by atoms with Gasteiger partial charge in [0.15, 0.2) is 0 Å². The summed E-state index contributed by atoms with van der Waals surface area (Å²) in [5, 5.41) is 14.9. The molecule has 0 unspecified atom stereocenters. The monoisotopic (exact) mass is 306 g/mol. The number of rotatable bonds is 4. The Balaban J connectivity index is 2.12. The molecule has 23 heavy (non-hydrogen) atoms. The van der Waals surface area contributed by atoms with Crippen LogP contribution in [0.4, 0.5) is 17.1 Å². The third kappa shape index (κ3) is 4.35. The van der Waals surface area contributed by atoms with E-state index in [4.69, 9.17) is 5.73 Å². The maximum Gasteiger partial charge on any atom is 0.267 e. The highest BCUT2D eigenvalue weighted by molar-refractivity contribution is 6.06. The minimum Gasteiger partial charge on any atom is -0.399 e. The second-order valence-corrected chi connectivity index (χ2v) is 5.21. The summed E-state index contributed by atoms with van der Waals surface area (Å²) in [6.45, 7) is 3.93. The zero-order valence-corrected chi connectivity index (χ0v) is 13.1. The molecule has 0 aliphatic rings. The molecule has 0 aliphatic heterocycles. The predicted octanol–water partition coefficient (Wildman–Crippen LogP) is 3.34. The van der Waals surface area contributed by atoms with Gasteiger partial charge in [0.25, 0.3) is 5.91 Å². The second-order valence-electron chi connectivity index (χ2n) is 5.21. The Kier molecular flexibility index (Phi) is 5.00. The molecule has 0 spiro atoms.